The van der Waals surface area contributed by atoms with Gasteiger partial charge in [0.2, 0.25) is 0 Å². The van der Waals surface area contributed by atoms with Crippen molar-refractivity contribution in [1.82, 2.24) is 25.7 Å². The topological polar surface area (TPSA) is 257 Å². The summed E-state index contributed by atoms with van der Waals surface area (Å²) in [5, 5.41) is 25.8. The number of anilines is 2. The quantitative estimate of drug-likeness (QED) is 0.0596. The zero-order chi connectivity index (χ0) is 32.5. The van der Waals surface area contributed by atoms with Crippen LogP contribution in [0.15, 0.2) is 41.0 Å². The monoisotopic (exact) mass is 664 g/mol. The third-order valence-electron chi connectivity index (χ3n) is 6.91. The van der Waals surface area contributed by atoms with Gasteiger partial charge >= 0.3 is 16.4 Å². The van der Waals surface area contributed by atoms with Gasteiger partial charge in [-0.05, 0) is 43.5 Å². The van der Waals surface area contributed by atoms with Crippen LogP contribution in [0.3, 0.4) is 0 Å². The molecule has 1 aromatic carbocycles. The zero-order valence-corrected chi connectivity index (χ0v) is 25.3. The minimum Gasteiger partial charge on any atom is -0.489 e. The maximum absolute atomic E-state index is 13.2. The number of carboxylic acid groups (broad SMARTS) is 1. The van der Waals surface area contributed by atoms with Crippen molar-refractivity contribution in [1.29, 1.82) is 0 Å². The number of carboxylic acids is 1. The SMILES string of the molecule is CC1(C)C(NC(=O)/C(=N\O[C@@H](COc2ccc3c(NC4CNC4)nccc3c2)C(=O)O)c2csc(N)n2)C(=O)N1OS(=O)(=O)O. The Hall–Kier alpha value is -4.63. The molecule has 7 N–H and O–H groups in total. The summed E-state index contributed by atoms with van der Waals surface area (Å²) in [5.74, 6) is -2.40. The van der Waals surface area contributed by atoms with Gasteiger partial charge in [-0.15, -0.1) is 15.6 Å². The number of pyridine rings is 1. The number of thiazole rings is 1. The maximum Gasteiger partial charge on any atom is 0.418 e. The van der Waals surface area contributed by atoms with Gasteiger partial charge in [0, 0.05) is 30.1 Å². The standard InChI is InChI=1S/C25H28N8O10S2/c1-25(2)19(22(35)33(25)43-45(38,39)40)31-21(34)18(16-11-44-24(26)30-16)32-42-17(23(36)37)10-41-14-3-4-15-12(7-14)5-6-28-20(15)29-13-8-27-9-13/h3-7,11,13,17,19,27H,8-10H2,1-2H3,(H2,26,30)(H,28,29)(H,31,34)(H,36,37)(H,38,39,40)/b32-18-/t17-,19?/m0/s1. The predicted octanol–water partition coefficient (Wildman–Crippen LogP) is -0.250. The summed E-state index contributed by atoms with van der Waals surface area (Å²) in [5.41, 5.74) is 3.67. The molecule has 2 aliphatic rings. The number of fused-ring (bicyclic) bond motifs is 1. The van der Waals surface area contributed by atoms with Gasteiger partial charge in [0.15, 0.2) is 10.8 Å². The summed E-state index contributed by atoms with van der Waals surface area (Å²) in [7, 11) is -5.01. The first kappa shape index (κ1) is 31.8. The second kappa shape index (κ2) is 12.4. The van der Waals surface area contributed by atoms with E-state index >= 15 is 0 Å². The van der Waals surface area contributed by atoms with Gasteiger partial charge in [-0.3, -0.25) is 14.1 Å². The lowest BCUT2D eigenvalue weighted by Crippen LogP contribution is -2.76. The average Bonchev–Trinajstić information content (AvgIpc) is 3.38. The number of hydrogen-bond acceptors (Lipinski definition) is 15. The summed E-state index contributed by atoms with van der Waals surface area (Å²) in [6.07, 6.45) is -0.0335. The van der Waals surface area contributed by atoms with Gasteiger partial charge in [-0.1, -0.05) is 5.16 Å². The number of nitrogens with one attached hydrogen (secondary N) is 3. The number of carbonyl (C=O) groups excluding carboxylic acids is 2. The molecule has 18 nitrogen and oxygen atoms in total. The van der Waals surface area contributed by atoms with Crippen molar-refractivity contribution in [2.75, 3.05) is 30.7 Å². The van der Waals surface area contributed by atoms with E-state index in [1.807, 2.05) is 0 Å². The lowest BCUT2D eigenvalue weighted by atomic mass is 9.84. The second-order valence-corrected chi connectivity index (χ2v) is 12.4. The van der Waals surface area contributed by atoms with E-state index in [0.29, 0.717) is 16.6 Å². The number of hydroxylamine groups is 2. The first-order valence-corrected chi connectivity index (χ1v) is 15.5. The first-order valence-electron chi connectivity index (χ1n) is 13.2. The Kier molecular flexibility index (Phi) is 8.76. The number of amides is 2. The normalized spacial score (nSPS) is 18.9. The van der Waals surface area contributed by atoms with Crippen molar-refractivity contribution in [3.05, 3.63) is 41.5 Å². The van der Waals surface area contributed by atoms with E-state index in [9.17, 15) is 27.9 Å². The number of nitrogens with two attached hydrogens (primary N) is 1. The molecule has 0 aliphatic carbocycles. The van der Waals surface area contributed by atoms with Crippen LogP contribution in [-0.4, -0.2) is 100 Å². The Bertz CT molecular complexity index is 1780. The van der Waals surface area contributed by atoms with Crippen molar-refractivity contribution >= 4 is 67.0 Å². The van der Waals surface area contributed by atoms with Crippen molar-refractivity contribution in [3.8, 4) is 5.75 Å². The smallest absolute Gasteiger partial charge is 0.418 e. The Morgan fingerprint density at radius 1 is 1.31 bits per heavy atom. The predicted molar refractivity (Wildman–Crippen MR) is 159 cm³/mol. The molecule has 2 fully saturated rings. The van der Waals surface area contributed by atoms with Gasteiger partial charge < -0.3 is 36.4 Å². The van der Waals surface area contributed by atoms with Crippen molar-refractivity contribution in [2.45, 2.75) is 37.6 Å². The van der Waals surface area contributed by atoms with E-state index < -0.39 is 58.2 Å². The lowest BCUT2D eigenvalue weighted by Gasteiger charge is -2.50. The van der Waals surface area contributed by atoms with Crippen LogP contribution in [0.5, 0.6) is 5.75 Å². The summed E-state index contributed by atoms with van der Waals surface area (Å²) in [4.78, 5) is 51.3. The van der Waals surface area contributed by atoms with E-state index in [1.54, 1.807) is 30.5 Å². The molecule has 2 aromatic heterocycles. The molecule has 2 aliphatic heterocycles. The van der Waals surface area contributed by atoms with Crippen molar-refractivity contribution in [3.63, 3.8) is 0 Å². The Labute approximate surface area is 259 Å². The number of nitrogens with zero attached hydrogens (tertiary/aromatic N) is 4. The molecule has 0 bridgehead atoms. The highest BCUT2D eigenvalue weighted by atomic mass is 32.3. The Morgan fingerprint density at radius 3 is 2.67 bits per heavy atom. The number of aliphatic carboxylic acids is 1. The van der Waals surface area contributed by atoms with Crippen LogP contribution in [0.2, 0.25) is 0 Å². The lowest BCUT2D eigenvalue weighted by molar-refractivity contribution is -0.218. The summed E-state index contributed by atoms with van der Waals surface area (Å²) in [6.45, 7) is 3.89. The molecule has 2 atom stereocenters. The van der Waals surface area contributed by atoms with Crippen LogP contribution in [0.25, 0.3) is 10.8 Å². The van der Waals surface area contributed by atoms with Crippen molar-refractivity contribution < 1.29 is 46.3 Å². The first-order chi connectivity index (χ1) is 21.2. The second-order valence-electron chi connectivity index (χ2n) is 10.5. The van der Waals surface area contributed by atoms with Gasteiger partial charge in [0.05, 0.1) is 11.6 Å². The van der Waals surface area contributed by atoms with Crippen LogP contribution in [0.4, 0.5) is 10.9 Å². The molecule has 240 valence electrons. The van der Waals surface area contributed by atoms with Crippen LogP contribution in [0.1, 0.15) is 19.5 Å². The van der Waals surface area contributed by atoms with E-state index in [1.165, 1.54) is 19.2 Å². The number of ether oxygens (including phenoxy) is 1. The molecular formula is C25H28N8O10S2. The van der Waals surface area contributed by atoms with Crippen molar-refractivity contribution in [2.24, 2.45) is 5.16 Å². The fourth-order valence-corrected chi connectivity index (χ4v) is 5.40. The van der Waals surface area contributed by atoms with Crippen LogP contribution >= 0.6 is 11.3 Å². The molecule has 1 unspecified atom stereocenters. The number of rotatable bonds is 13. The van der Waals surface area contributed by atoms with Crippen LogP contribution in [-0.2, 0) is 33.9 Å². The number of β-lactam (4-membered cyclic amide) rings is 1. The number of benzene rings is 1. The summed E-state index contributed by atoms with van der Waals surface area (Å²) in [6, 6.07) is 5.90. The van der Waals surface area contributed by atoms with E-state index in [4.69, 9.17) is 19.9 Å². The third kappa shape index (κ3) is 7.04. The van der Waals surface area contributed by atoms with Crippen LogP contribution < -0.4 is 26.4 Å². The highest BCUT2D eigenvalue weighted by molar-refractivity contribution is 7.80. The number of carbonyl (C=O) groups is 3. The summed E-state index contributed by atoms with van der Waals surface area (Å²) >= 11 is 0.961. The molecule has 0 spiro atoms. The summed E-state index contributed by atoms with van der Waals surface area (Å²) < 4.78 is 41.1. The van der Waals surface area contributed by atoms with E-state index in [0.717, 1.165) is 35.2 Å². The molecule has 3 aromatic rings. The van der Waals surface area contributed by atoms with Gasteiger partial charge in [0.25, 0.3) is 17.9 Å². The largest absolute Gasteiger partial charge is 0.489 e. The number of aromatic nitrogens is 2. The Morgan fingerprint density at radius 2 is 2.07 bits per heavy atom. The zero-order valence-electron chi connectivity index (χ0n) is 23.7. The molecule has 0 radical (unpaired) electrons. The molecule has 4 heterocycles. The molecule has 5 rings (SSSR count). The van der Waals surface area contributed by atoms with E-state index in [2.05, 4.69) is 35.4 Å². The molecule has 20 heteroatoms. The molecule has 0 saturated carbocycles. The Balaban J connectivity index is 1.29. The number of nitrogen functional groups attached to an aromatic ring is 1. The highest BCUT2D eigenvalue weighted by Gasteiger charge is 2.58. The number of hydrogen-bond donors (Lipinski definition) is 6. The highest BCUT2D eigenvalue weighted by Crippen LogP contribution is 2.33. The molecular weight excluding hydrogens is 636 g/mol. The van der Waals surface area contributed by atoms with Gasteiger partial charge in [-0.25, -0.2) is 14.8 Å². The fraction of sp³-hybridized carbons (Fsp3) is 0.360. The maximum atomic E-state index is 13.2. The molecule has 45 heavy (non-hydrogen) atoms. The minimum absolute atomic E-state index is 0.0608. The molecule has 2 saturated heterocycles. The number of oxime groups is 1. The van der Waals surface area contributed by atoms with Crippen LogP contribution in [0, 0.1) is 0 Å². The third-order valence-corrected chi connectivity index (χ3v) is 7.92. The van der Waals surface area contributed by atoms with Gasteiger partial charge in [-0.2, -0.15) is 13.5 Å². The molecule has 2 amide bonds. The fourth-order valence-electron chi connectivity index (χ4n) is 4.40. The minimum atomic E-state index is -5.01. The van der Waals surface area contributed by atoms with Gasteiger partial charge in [0.1, 0.15) is 29.9 Å². The average molecular weight is 665 g/mol. The van der Waals surface area contributed by atoms with E-state index in [-0.39, 0.29) is 16.9 Å².